The molecule has 32 heavy (non-hydrogen) atoms. The summed E-state index contributed by atoms with van der Waals surface area (Å²) in [6, 6.07) is 9.67. The number of carbonyl (C=O) groups is 1. The van der Waals surface area contributed by atoms with Crippen molar-refractivity contribution < 1.29 is 4.79 Å². The van der Waals surface area contributed by atoms with Crippen LogP contribution in [0.3, 0.4) is 0 Å². The highest BCUT2D eigenvalue weighted by Crippen LogP contribution is 2.27. The number of nitrogens with zero attached hydrogens (tertiary/aromatic N) is 7. The average Bonchev–Trinajstić information content (AvgIpc) is 3.38. The van der Waals surface area contributed by atoms with E-state index in [-0.39, 0.29) is 5.91 Å². The summed E-state index contributed by atoms with van der Waals surface area (Å²) >= 11 is 0. The van der Waals surface area contributed by atoms with Crippen molar-refractivity contribution in [1.29, 1.82) is 0 Å². The van der Waals surface area contributed by atoms with Crippen molar-refractivity contribution in [3.05, 3.63) is 71.6 Å². The Morgan fingerprint density at radius 1 is 1.12 bits per heavy atom. The second-order valence-electron chi connectivity index (χ2n) is 7.99. The maximum Gasteiger partial charge on any atom is 0.270 e. The van der Waals surface area contributed by atoms with Crippen molar-refractivity contribution >= 4 is 17.7 Å². The predicted molar refractivity (Wildman–Crippen MR) is 120 cm³/mol. The maximum absolute atomic E-state index is 13.2. The van der Waals surface area contributed by atoms with Crippen LogP contribution in [0.2, 0.25) is 0 Å². The van der Waals surface area contributed by atoms with Gasteiger partial charge in [0.2, 0.25) is 5.95 Å². The van der Waals surface area contributed by atoms with E-state index in [1.165, 1.54) is 0 Å². The number of hydrogen-bond donors (Lipinski definition) is 1. The minimum absolute atomic E-state index is 0.00532. The Morgan fingerprint density at radius 3 is 2.78 bits per heavy atom. The second-order valence-corrected chi connectivity index (χ2v) is 7.99. The molecule has 0 bridgehead atoms. The molecule has 0 aromatic carbocycles. The molecule has 9 nitrogen and oxygen atoms in total. The Bertz CT molecular complexity index is 1310. The molecule has 0 aliphatic carbocycles. The third-order valence-electron chi connectivity index (χ3n) is 5.62. The molecule has 0 spiro atoms. The molecular formula is C23H24N8O. The molecule has 4 aromatic rings. The molecule has 0 fully saturated rings. The molecule has 9 heteroatoms. The molecular weight excluding hydrogens is 404 g/mol. The minimum Gasteiger partial charge on any atom is -0.341 e. The van der Waals surface area contributed by atoms with Crippen molar-refractivity contribution in [2.24, 2.45) is 7.05 Å². The third kappa shape index (κ3) is 3.73. The number of rotatable bonds is 5. The normalized spacial score (nSPS) is 13.3. The molecule has 0 atom stereocenters. The monoisotopic (exact) mass is 428 g/mol. The Morgan fingerprint density at radius 2 is 2.00 bits per heavy atom. The predicted octanol–water partition coefficient (Wildman–Crippen LogP) is 3.09. The van der Waals surface area contributed by atoms with Crippen LogP contribution in [-0.2, 0) is 20.1 Å². The van der Waals surface area contributed by atoms with Crippen LogP contribution in [0.15, 0.2) is 48.9 Å². The van der Waals surface area contributed by atoms with Gasteiger partial charge in [-0.1, -0.05) is 6.07 Å². The van der Waals surface area contributed by atoms with E-state index in [0.29, 0.717) is 24.7 Å². The summed E-state index contributed by atoms with van der Waals surface area (Å²) in [7, 11) is 1.85. The van der Waals surface area contributed by atoms with E-state index in [9.17, 15) is 4.79 Å². The van der Waals surface area contributed by atoms with Gasteiger partial charge in [0.25, 0.3) is 5.91 Å². The number of nitrogens with one attached hydrogen (secondary N) is 1. The average molecular weight is 429 g/mol. The zero-order chi connectivity index (χ0) is 22.2. The summed E-state index contributed by atoms with van der Waals surface area (Å²) < 4.78 is 3.73. The van der Waals surface area contributed by atoms with Crippen LogP contribution in [-0.4, -0.2) is 46.7 Å². The van der Waals surface area contributed by atoms with Crippen LogP contribution in [0.1, 0.15) is 27.4 Å². The van der Waals surface area contributed by atoms with Crippen molar-refractivity contribution in [2.45, 2.75) is 26.9 Å². The Balaban J connectivity index is 1.41. The van der Waals surface area contributed by atoms with Crippen LogP contribution < -0.4 is 5.32 Å². The van der Waals surface area contributed by atoms with Gasteiger partial charge in [-0.05, 0) is 37.6 Å². The molecule has 1 aliphatic heterocycles. The molecule has 162 valence electrons. The van der Waals surface area contributed by atoms with E-state index in [0.717, 1.165) is 40.6 Å². The first kappa shape index (κ1) is 19.9. The van der Waals surface area contributed by atoms with Gasteiger partial charge in [0.1, 0.15) is 11.5 Å². The van der Waals surface area contributed by atoms with Gasteiger partial charge in [-0.3, -0.25) is 14.5 Å². The molecule has 0 radical (unpaired) electrons. The number of aryl methyl sites for hydroxylation is 3. The van der Waals surface area contributed by atoms with Gasteiger partial charge in [0.05, 0.1) is 24.1 Å². The highest BCUT2D eigenvalue weighted by atomic mass is 16.2. The van der Waals surface area contributed by atoms with Crippen molar-refractivity contribution in [2.75, 3.05) is 11.9 Å². The lowest BCUT2D eigenvalue weighted by Crippen LogP contribution is -2.39. The molecule has 0 saturated carbocycles. The van der Waals surface area contributed by atoms with Crippen LogP contribution >= 0.6 is 0 Å². The summed E-state index contributed by atoms with van der Waals surface area (Å²) in [6.07, 6.45) is 5.50. The van der Waals surface area contributed by atoms with Gasteiger partial charge < -0.3 is 14.8 Å². The van der Waals surface area contributed by atoms with E-state index in [4.69, 9.17) is 4.98 Å². The number of anilines is 2. The highest BCUT2D eigenvalue weighted by Gasteiger charge is 2.26. The van der Waals surface area contributed by atoms with E-state index >= 15 is 0 Å². The zero-order valence-corrected chi connectivity index (χ0v) is 18.3. The first-order valence-electron chi connectivity index (χ1n) is 10.5. The standard InChI is InChI=1S/C23H24N8O/c1-15-12-24-23(27-20-7-8-25-29(20)3)28-21(15)17-11-19-22(32)31(10-9-30(19)13-17)14-18-6-4-5-16(2)26-18/h4-8,11-13H,9-10,14H2,1-3H3,(H,24,27,28). The molecule has 0 saturated heterocycles. The van der Waals surface area contributed by atoms with Gasteiger partial charge >= 0.3 is 0 Å². The van der Waals surface area contributed by atoms with Crippen LogP contribution in [0.25, 0.3) is 11.3 Å². The van der Waals surface area contributed by atoms with Crippen LogP contribution in [0.5, 0.6) is 0 Å². The SMILES string of the molecule is Cc1cccc(CN2CCn3cc(-c4nc(Nc5ccnn5C)ncc4C)cc3C2=O)n1. The van der Waals surface area contributed by atoms with Crippen molar-refractivity contribution in [1.82, 2.24) is 34.2 Å². The molecule has 4 aromatic heterocycles. The van der Waals surface area contributed by atoms with Gasteiger partial charge in [-0.15, -0.1) is 0 Å². The Hall–Kier alpha value is -4.01. The molecule has 0 unspecified atom stereocenters. The quantitative estimate of drug-likeness (QED) is 0.525. The first-order valence-corrected chi connectivity index (χ1v) is 10.5. The van der Waals surface area contributed by atoms with Gasteiger partial charge in [-0.25, -0.2) is 9.97 Å². The van der Waals surface area contributed by atoms with Crippen molar-refractivity contribution in [3.63, 3.8) is 0 Å². The summed E-state index contributed by atoms with van der Waals surface area (Å²) in [5.74, 6) is 1.29. The summed E-state index contributed by atoms with van der Waals surface area (Å²) in [5, 5.41) is 7.34. The summed E-state index contributed by atoms with van der Waals surface area (Å²) in [6.45, 7) is 5.81. The second kappa shape index (κ2) is 7.92. The lowest BCUT2D eigenvalue weighted by molar-refractivity contribution is 0.0688. The van der Waals surface area contributed by atoms with E-state index in [1.54, 1.807) is 17.1 Å². The fraction of sp³-hybridized carbons (Fsp3) is 0.261. The van der Waals surface area contributed by atoms with Crippen molar-refractivity contribution in [3.8, 4) is 11.3 Å². The smallest absolute Gasteiger partial charge is 0.270 e. The zero-order valence-electron chi connectivity index (χ0n) is 18.3. The Labute approximate surface area is 185 Å². The summed E-state index contributed by atoms with van der Waals surface area (Å²) in [4.78, 5) is 28.7. The number of aromatic nitrogens is 6. The fourth-order valence-electron chi connectivity index (χ4n) is 3.94. The topological polar surface area (TPSA) is 93.8 Å². The number of pyridine rings is 1. The number of hydrogen-bond acceptors (Lipinski definition) is 6. The summed E-state index contributed by atoms with van der Waals surface area (Å²) in [5.41, 5.74) is 5.15. The number of carbonyl (C=O) groups excluding carboxylic acids is 1. The lowest BCUT2D eigenvalue weighted by atomic mass is 10.1. The highest BCUT2D eigenvalue weighted by molar-refractivity contribution is 5.95. The fourth-order valence-corrected chi connectivity index (χ4v) is 3.94. The molecule has 5 rings (SSSR count). The largest absolute Gasteiger partial charge is 0.341 e. The molecule has 1 aliphatic rings. The first-order chi connectivity index (χ1) is 15.5. The molecule has 5 heterocycles. The van der Waals surface area contributed by atoms with E-state index in [2.05, 4.69) is 20.4 Å². The van der Waals surface area contributed by atoms with E-state index in [1.807, 2.05) is 66.9 Å². The van der Waals surface area contributed by atoms with E-state index < -0.39 is 0 Å². The minimum atomic E-state index is 0.00532. The van der Waals surface area contributed by atoms with Crippen LogP contribution in [0, 0.1) is 13.8 Å². The molecule has 1 amide bonds. The lowest BCUT2D eigenvalue weighted by Gasteiger charge is -2.28. The van der Waals surface area contributed by atoms with Gasteiger partial charge in [0, 0.05) is 49.9 Å². The third-order valence-corrected chi connectivity index (χ3v) is 5.62. The Kier molecular flexibility index (Phi) is 4.93. The number of amides is 1. The maximum atomic E-state index is 13.2. The van der Waals surface area contributed by atoms with Gasteiger partial charge in [0.15, 0.2) is 0 Å². The molecule has 1 N–H and O–H groups in total. The number of fused-ring (bicyclic) bond motifs is 1. The van der Waals surface area contributed by atoms with Gasteiger partial charge in [-0.2, -0.15) is 5.10 Å². The van der Waals surface area contributed by atoms with Crippen LogP contribution in [0.4, 0.5) is 11.8 Å².